The molecule has 10 heteroatoms. The minimum absolute atomic E-state index is 0.0544. The van der Waals surface area contributed by atoms with Crippen LogP contribution in [0.1, 0.15) is 11.1 Å². The Labute approximate surface area is 137 Å². The van der Waals surface area contributed by atoms with E-state index in [2.05, 4.69) is 15.8 Å². The van der Waals surface area contributed by atoms with Crippen molar-refractivity contribution in [3.8, 4) is 0 Å². The molecule has 0 bridgehead atoms. The maximum absolute atomic E-state index is 13.0. The third-order valence-electron chi connectivity index (χ3n) is 4.27. The summed E-state index contributed by atoms with van der Waals surface area (Å²) in [5.41, 5.74) is 14.0. The molecule has 0 aliphatic carbocycles. The second-order valence-electron chi connectivity index (χ2n) is 5.75. The highest BCUT2D eigenvalue weighted by Gasteiger charge is 2.58. The highest BCUT2D eigenvalue weighted by Crippen LogP contribution is 2.35. The number of hydrogen-bond donors (Lipinski definition) is 4. The molecule has 0 aromatic heterocycles. The molecule has 5 amide bonds. The van der Waals surface area contributed by atoms with Crippen LogP contribution in [0.25, 0.3) is 0 Å². The topological polar surface area (TPSA) is 146 Å². The number of amides is 5. The second kappa shape index (κ2) is 4.85. The first-order valence-corrected chi connectivity index (χ1v) is 7.08. The Morgan fingerprint density at radius 3 is 2.42 bits per heavy atom. The van der Waals surface area contributed by atoms with Crippen molar-refractivity contribution in [1.29, 1.82) is 0 Å². The quantitative estimate of drug-likeness (QED) is 0.513. The zero-order valence-electron chi connectivity index (χ0n) is 13.4. The number of carbonyl (C=O) groups is 3. The number of nitrogen functional groups attached to an aromatic ring is 2. The smallest absolute Gasteiger partial charge is 0.336 e. The van der Waals surface area contributed by atoms with Gasteiger partial charge in [0, 0.05) is 14.1 Å². The number of benzene rings is 1. The van der Waals surface area contributed by atoms with Crippen molar-refractivity contribution in [1.82, 2.24) is 20.5 Å². The van der Waals surface area contributed by atoms with Gasteiger partial charge in [-0.05, 0) is 24.1 Å². The van der Waals surface area contributed by atoms with Crippen LogP contribution in [-0.4, -0.2) is 47.7 Å². The number of amidine groups is 1. The molecule has 1 saturated heterocycles. The first-order chi connectivity index (χ1) is 11.2. The van der Waals surface area contributed by atoms with Crippen molar-refractivity contribution < 1.29 is 14.4 Å². The van der Waals surface area contributed by atoms with Crippen molar-refractivity contribution in [2.24, 2.45) is 5.10 Å². The number of likely N-dealkylation sites (N-methyl/N-ethyl adjacent to an activating group) is 2. The lowest BCUT2D eigenvalue weighted by Crippen LogP contribution is -2.74. The SMILES string of the molecule is Cc1cc(C23NC(=O)NN=C2N(C)C(=O)N(C)C3=O)cc(N)c1N. The second-order valence-corrected chi connectivity index (χ2v) is 5.75. The van der Waals surface area contributed by atoms with Crippen molar-refractivity contribution in [2.45, 2.75) is 12.5 Å². The van der Waals surface area contributed by atoms with Crippen molar-refractivity contribution in [3.05, 3.63) is 23.3 Å². The number of imide groups is 1. The van der Waals surface area contributed by atoms with E-state index in [9.17, 15) is 14.4 Å². The molecule has 2 aliphatic rings. The third kappa shape index (κ3) is 1.82. The number of hydrazone groups is 1. The van der Waals surface area contributed by atoms with Crippen LogP contribution in [0.3, 0.4) is 0 Å². The summed E-state index contributed by atoms with van der Waals surface area (Å²) in [5.74, 6) is -0.582. The van der Waals surface area contributed by atoms with Gasteiger partial charge in [-0.25, -0.2) is 15.0 Å². The van der Waals surface area contributed by atoms with E-state index < -0.39 is 23.5 Å². The molecular formula is C14H17N7O3. The molecule has 24 heavy (non-hydrogen) atoms. The van der Waals surface area contributed by atoms with Crippen LogP contribution in [0, 0.1) is 6.92 Å². The van der Waals surface area contributed by atoms with Crippen LogP contribution < -0.4 is 22.2 Å². The van der Waals surface area contributed by atoms with E-state index in [-0.39, 0.29) is 11.5 Å². The summed E-state index contributed by atoms with van der Waals surface area (Å²) < 4.78 is 0. The number of aryl methyl sites for hydroxylation is 1. The summed E-state index contributed by atoms with van der Waals surface area (Å²) in [6.07, 6.45) is 0. The number of nitrogens with zero attached hydrogens (tertiary/aromatic N) is 3. The van der Waals surface area contributed by atoms with Gasteiger partial charge in [0.15, 0.2) is 5.84 Å². The Morgan fingerprint density at radius 2 is 1.79 bits per heavy atom. The lowest BCUT2D eigenvalue weighted by molar-refractivity contribution is -0.133. The molecular weight excluding hydrogens is 314 g/mol. The van der Waals surface area contributed by atoms with Gasteiger partial charge in [-0.2, -0.15) is 5.10 Å². The van der Waals surface area contributed by atoms with Crippen molar-refractivity contribution in [2.75, 3.05) is 25.6 Å². The maximum atomic E-state index is 13.0. The molecule has 10 nitrogen and oxygen atoms in total. The zero-order chi connectivity index (χ0) is 17.8. The largest absolute Gasteiger partial charge is 0.397 e. The van der Waals surface area contributed by atoms with E-state index in [0.717, 1.165) is 4.90 Å². The molecule has 1 atom stereocenters. The van der Waals surface area contributed by atoms with Crippen LogP contribution in [0.2, 0.25) is 0 Å². The number of nitrogens with two attached hydrogens (primary N) is 2. The van der Waals surface area contributed by atoms with Gasteiger partial charge in [-0.15, -0.1) is 0 Å². The number of anilines is 2. The predicted octanol–water partition coefficient (Wildman–Crippen LogP) is -0.495. The average Bonchev–Trinajstić information content (AvgIpc) is 2.55. The van der Waals surface area contributed by atoms with E-state index in [1.807, 2.05) is 0 Å². The number of urea groups is 2. The van der Waals surface area contributed by atoms with E-state index >= 15 is 0 Å². The maximum Gasteiger partial charge on any atom is 0.336 e. The highest BCUT2D eigenvalue weighted by molar-refractivity contribution is 6.26. The summed E-state index contributed by atoms with van der Waals surface area (Å²) >= 11 is 0. The molecule has 2 heterocycles. The van der Waals surface area contributed by atoms with Gasteiger partial charge >= 0.3 is 12.1 Å². The van der Waals surface area contributed by atoms with E-state index in [1.165, 1.54) is 25.1 Å². The molecule has 0 spiro atoms. The van der Waals surface area contributed by atoms with E-state index in [1.54, 1.807) is 13.0 Å². The number of fused-ring (bicyclic) bond motifs is 1. The van der Waals surface area contributed by atoms with Gasteiger partial charge in [0.2, 0.25) is 5.54 Å². The van der Waals surface area contributed by atoms with Gasteiger partial charge in [-0.1, -0.05) is 6.07 Å². The zero-order valence-corrected chi connectivity index (χ0v) is 13.4. The Bertz CT molecular complexity index is 796. The first-order valence-electron chi connectivity index (χ1n) is 7.08. The minimum atomic E-state index is -1.66. The molecule has 1 unspecified atom stereocenters. The molecule has 6 N–H and O–H groups in total. The van der Waals surface area contributed by atoms with Gasteiger partial charge in [0.25, 0.3) is 5.91 Å². The van der Waals surface area contributed by atoms with Crippen LogP contribution in [0.4, 0.5) is 21.0 Å². The van der Waals surface area contributed by atoms with Gasteiger partial charge in [0.1, 0.15) is 0 Å². The summed E-state index contributed by atoms with van der Waals surface area (Å²) in [6, 6.07) is 1.91. The average molecular weight is 331 g/mol. The minimum Gasteiger partial charge on any atom is -0.397 e. The lowest BCUT2D eigenvalue weighted by Gasteiger charge is -2.46. The molecule has 1 aromatic carbocycles. The van der Waals surface area contributed by atoms with E-state index in [4.69, 9.17) is 11.5 Å². The number of carbonyl (C=O) groups excluding carboxylic acids is 3. The Hall–Kier alpha value is -3.30. The van der Waals surface area contributed by atoms with Crippen LogP contribution in [-0.2, 0) is 10.3 Å². The fourth-order valence-corrected chi connectivity index (χ4v) is 2.94. The molecule has 0 saturated carbocycles. The van der Waals surface area contributed by atoms with Gasteiger partial charge in [-0.3, -0.25) is 14.6 Å². The summed E-state index contributed by atoms with van der Waals surface area (Å²) in [5, 5.41) is 6.51. The summed E-state index contributed by atoms with van der Waals surface area (Å²) in [7, 11) is 2.80. The van der Waals surface area contributed by atoms with Crippen molar-refractivity contribution in [3.63, 3.8) is 0 Å². The van der Waals surface area contributed by atoms with Crippen LogP contribution >= 0.6 is 0 Å². The first kappa shape index (κ1) is 15.6. The van der Waals surface area contributed by atoms with Gasteiger partial charge < -0.3 is 16.8 Å². The van der Waals surface area contributed by atoms with Crippen LogP contribution in [0.5, 0.6) is 0 Å². The van der Waals surface area contributed by atoms with E-state index in [0.29, 0.717) is 16.8 Å². The molecule has 0 radical (unpaired) electrons. The summed E-state index contributed by atoms with van der Waals surface area (Å²) in [6.45, 7) is 1.73. The lowest BCUT2D eigenvalue weighted by atomic mass is 9.83. The highest BCUT2D eigenvalue weighted by atomic mass is 16.2. The number of rotatable bonds is 1. The molecule has 3 rings (SSSR count). The summed E-state index contributed by atoms with van der Waals surface area (Å²) in [4.78, 5) is 39.2. The standard InChI is InChI=1S/C14H17N7O3/c1-6-4-7(5-8(15)9(6)16)14-10(18-19-12(23)17-14)20(2)13(24)21(3)11(14)22/h4-5H,15-16H2,1-3H3,(H2,17,19,23). The fourth-order valence-electron chi connectivity index (χ4n) is 2.94. The predicted molar refractivity (Wildman–Crippen MR) is 86.7 cm³/mol. The molecule has 2 aliphatic heterocycles. The fraction of sp³-hybridized carbons (Fsp3) is 0.286. The Balaban J connectivity index is 2.32. The number of hydrogen-bond acceptors (Lipinski definition) is 6. The Kier molecular flexibility index (Phi) is 3.15. The van der Waals surface area contributed by atoms with Crippen LogP contribution in [0.15, 0.2) is 17.2 Å². The molecule has 1 aromatic rings. The monoisotopic (exact) mass is 331 g/mol. The molecule has 126 valence electrons. The Morgan fingerprint density at radius 1 is 1.12 bits per heavy atom. The third-order valence-corrected chi connectivity index (χ3v) is 4.27. The molecule has 1 fully saturated rings. The van der Waals surface area contributed by atoms with Gasteiger partial charge in [0.05, 0.1) is 11.4 Å². The normalized spacial score (nSPS) is 23.5. The van der Waals surface area contributed by atoms with Crippen molar-refractivity contribution >= 4 is 35.2 Å². The number of nitrogens with one attached hydrogen (secondary N) is 2.